The number of methoxy groups -OCH3 is 1. The topological polar surface area (TPSA) is 119 Å². The molecule has 1 aromatic carbocycles. The summed E-state index contributed by atoms with van der Waals surface area (Å²) in [4.78, 5) is 45.6. The van der Waals surface area contributed by atoms with Crippen LogP contribution in [0.2, 0.25) is 0 Å². The number of esters is 1. The van der Waals surface area contributed by atoms with Gasteiger partial charge in [-0.1, -0.05) is 12.1 Å². The molecule has 1 aliphatic rings. The van der Waals surface area contributed by atoms with Gasteiger partial charge in [0.05, 0.1) is 12.0 Å². The smallest absolute Gasteiger partial charge is 0.329 e. The molecule has 1 aromatic rings. The fourth-order valence-corrected chi connectivity index (χ4v) is 1.80. The maximum atomic E-state index is 12.0. The maximum absolute atomic E-state index is 12.0. The Hall–Kier alpha value is -3.23. The second kappa shape index (κ2) is 6.04. The van der Waals surface area contributed by atoms with Crippen molar-refractivity contribution >= 4 is 29.7 Å². The lowest BCUT2D eigenvalue weighted by atomic mass is 10.1. The van der Waals surface area contributed by atoms with Gasteiger partial charge in [-0.05, 0) is 11.6 Å². The van der Waals surface area contributed by atoms with E-state index in [2.05, 4.69) is 10.1 Å². The van der Waals surface area contributed by atoms with Crippen LogP contribution in [0.1, 0.15) is 5.56 Å². The van der Waals surface area contributed by atoms with E-state index in [1.165, 1.54) is 24.3 Å². The van der Waals surface area contributed by atoms with Crippen LogP contribution in [0.5, 0.6) is 0 Å². The first-order chi connectivity index (χ1) is 10.4. The molecule has 0 bridgehead atoms. The number of nitro benzene ring substituents is 1. The predicted molar refractivity (Wildman–Crippen MR) is 73.3 cm³/mol. The number of hydrogen-bond acceptors (Lipinski definition) is 6. The van der Waals surface area contributed by atoms with Crippen LogP contribution in [-0.2, 0) is 14.3 Å². The largest absolute Gasteiger partial charge is 0.468 e. The van der Waals surface area contributed by atoms with Gasteiger partial charge in [-0.15, -0.1) is 0 Å². The number of nitro groups is 1. The second-order valence-electron chi connectivity index (χ2n) is 4.31. The van der Waals surface area contributed by atoms with Crippen LogP contribution in [0.4, 0.5) is 10.5 Å². The molecule has 0 spiro atoms. The van der Waals surface area contributed by atoms with E-state index in [0.29, 0.717) is 10.5 Å². The van der Waals surface area contributed by atoms with Crippen LogP contribution in [0.25, 0.3) is 6.08 Å². The van der Waals surface area contributed by atoms with Crippen molar-refractivity contribution in [1.82, 2.24) is 10.2 Å². The Morgan fingerprint density at radius 2 is 2.18 bits per heavy atom. The number of urea groups is 1. The molecule has 0 radical (unpaired) electrons. The SMILES string of the molecule is COC(=O)CN1C(=O)N/C(=C/c2cccc([N+](=O)[O-])c2)C1=O. The molecule has 22 heavy (non-hydrogen) atoms. The number of benzene rings is 1. The van der Waals surface area contributed by atoms with Crippen molar-refractivity contribution in [2.45, 2.75) is 0 Å². The quantitative estimate of drug-likeness (QED) is 0.287. The van der Waals surface area contributed by atoms with E-state index in [0.717, 1.165) is 7.11 Å². The third-order valence-electron chi connectivity index (χ3n) is 2.87. The lowest BCUT2D eigenvalue weighted by molar-refractivity contribution is -0.384. The van der Waals surface area contributed by atoms with Gasteiger partial charge in [0.1, 0.15) is 12.2 Å². The first-order valence-electron chi connectivity index (χ1n) is 6.08. The zero-order valence-electron chi connectivity index (χ0n) is 11.4. The Bertz CT molecular complexity index is 697. The van der Waals surface area contributed by atoms with Crippen molar-refractivity contribution in [2.24, 2.45) is 0 Å². The summed E-state index contributed by atoms with van der Waals surface area (Å²) in [5.74, 6) is -1.44. The molecule has 1 saturated heterocycles. The molecule has 0 aliphatic carbocycles. The minimum atomic E-state index is -0.757. The van der Waals surface area contributed by atoms with Gasteiger partial charge in [-0.2, -0.15) is 0 Å². The average molecular weight is 305 g/mol. The standard InChI is InChI=1S/C13H11N3O6/c1-22-11(17)7-15-12(18)10(14-13(15)19)6-8-3-2-4-9(5-8)16(20)21/h2-6H,7H2,1H3,(H,14,19)/b10-6+. The van der Waals surface area contributed by atoms with Crippen molar-refractivity contribution < 1.29 is 24.0 Å². The zero-order chi connectivity index (χ0) is 16.3. The summed E-state index contributed by atoms with van der Waals surface area (Å²) in [5.41, 5.74) is 0.157. The summed E-state index contributed by atoms with van der Waals surface area (Å²) in [6, 6.07) is 4.81. The van der Waals surface area contributed by atoms with Gasteiger partial charge in [0.15, 0.2) is 0 Å². The summed E-state index contributed by atoms with van der Waals surface area (Å²) in [6.07, 6.45) is 1.30. The van der Waals surface area contributed by atoms with Crippen LogP contribution >= 0.6 is 0 Å². The van der Waals surface area contributed by atoms with E-state index in [4.69, 9.17) is 0 Å². The number of carbonyl (C=O) groups is 3. The number of imide groups is 1. The van der Waals surface area contributed by atoms with E-state index in [1.54, 1.807) is 6.07 Å². The lowest BCUT2D eigenvalue weighted by Gasteiger charge is -2.08. The van der Waals surface area contributed by atoms with E-state index in [9.17, 15) is 24.5 Å². The number of rotatable bonds is 4. The minimum absolute atomic E-state index is 0.0746. The van der Waals surface area contributed by atoms with Gasteiger partial charge in [-0.25, -0.2) is 9.69 Å². The normalized spacial score (nSPS) is 15.9. The molecule has 9 nitrogen and oxygen atoms in total. The highest BCUT2D eigenvalue weighted by Crippen LogP contribution is 2.18. The molecule has 3 amide bonds. The number of non-ortho nitro benzene ring substituents is 1. The summed E-state index contributed by atoms with van der Waals surface area (Å²) in [5, 5.41) is 13.0. The van der Waals surface area contributed by atoms with Gasteiger partial charge in [-0.3, -0.25) is 19.7 Å². The van der Waals surface area contributed by atoms with E-state index in [1.807, 2.05) is 0 Å². The Morgan fingerprint density at radius 3 is 2.82 bits per heavy atom. The third kappa shape index (κ3) is 3.08. The molecule has 9 heteroatoms. The Morgan fingerprint density at radius 1 is 1.45 bits per heavy atom. The van der Waals surface area contributed by atoms with Gasteiger partial charge < -0.3 is 10.1 Å². The van der Waals surface area contributed by atoms with Crippen LogP contribution in [0.3, 0.4) is 0 Å². The molecule has 0 aromatic heterocycles. The monoisotopic (exact) mass is 305 g/mol. The molecule has 0 unspecified atom stereocenters. The van der Waals surface area contributed by atoms with Gasteiger partial charge in [0, 0.05) is 12.1 Å². The molecular formula is C13H11N3O6. The van der Waals surface area contributed by atoms with Gasteiger partial charge >= 0.3 is 12.0 Å². The Balaban J connectivity index is 2.24. The predicted octanol–water partition coefficient (Wildman–Crippen LogP) is 0.660. The molecule has 0 saturated carbocycles. The van der Waals surface area contributed by atoms with E-state index >= 15 is 0 Å². The minimum Gasteiger partial charge on any atom is -0.468 e. The molecule has 1 aliphatic heterocycles. The van der Waals surface area contributed by atoms with Crippen molar-refractivity contribution in [3.63, 3.8) is 0 Å². The molecule has 1 heterocycles. The highest BCUT2D eigenvalue weighted by Gasteiger charge is 2.35. The van der Waals surface area contributed by atoms with E-state index < -0.39 is 29.4 Å². The summed E-state index contributed by atoms with van der Waals surface area (Å²) >= 11 is 0. The molecular weight excluding hydrogens is 294 g/mol. The molecule has 0 atom stereocenters. The van der Waals surface area contributed by atoms with Gasteiger partial charge in [0.25, 0.3) is 11.6 Å². The fraction of sp³-hybridized carbons (Fsp3) is 0.154. The number of hydrogen-bond donors (Lipinski definition) is 1. The highest BCUT2D eigenvalue weighted by atomic mass is 16.6. The van der Waals surface area contributed by atoms with Crippen molar-refractivity contribution in [2.75, 3.05) is 13.7 Å². The van der Waals surface area contributed by atoms with Crippen molar-refractivity contribution in [1.29, 1.82) is 0 Å². The van der Waals surface area contributed by atoms with Gasteiger partial charge in [0.2, 0.25) is 0 Å². The third-order valence-corrected chi connectivity index (χ3v) is 2.87. The summed E-state index contributed by atoms with van der Waals surface area (Å²) in [6.45, 7) is -0.507. The average Bonchev–Trinajstić information content (AvgIpc) is 2.75. The summed E-state index contributed by atoms with van der Waals surface area (Å²) in [7, 11) is 1.14. The molecule has 114 valence electrons. The van der Waals surface area contributed by atoms with Crippen LogP contribution in [-0.4, -0.2) is 41.4 Å². The van der Waals surface area contributed by atoms with Crippen LogP contribution < -0.4 is 5.32 Å². The molecule has 1 fully saturated rings. The fourth-order valence-electron chi connectivity index (χ4n) is 1.80. The lowest BCUT2D eigenvalue weighted by Crippen LogP contribution is -2.36. The highest BCUT2D eigenvalue weighted by molar-refractivity contribution is 6.15. The maximum Gasteiger partial charge on any atom is 0.329 e. The van der Waals surface area contributed by atoms with Crippen molar-refractivity contribution in [3.05, 3.63) is 45.6 Å². The molecule has 1 N–H and O–H groups in total. The van der Waals surface area contributed by atoms with Crippen LogP contribution in [0, 0.1) is 10.1 Å². The number of carbonyl (C=O) groups excluding carboxylic acids is 3. The number of ether oxygens (including phenoxy) is 1. The number of amides is 3. The zero-order valence-corrected chi connectivity index (χ0v) is 11.4. The Labute approximate surface area is 124 Å². The first-order valence-corrected chi connectivity index (χ1v) is 6.08. The number of nitrogens with zero attached hydrogens (tertiary/aromatic N) is 2. The van der Waals surface area contributed by atoms with E-state index in [-0.39, 0.29) is 11.4 Å². The van der Waals surface area contributed by atoms with Crippen molar-refractivity contribution in [3.8, 4) is 0 Å². The Kier molecular flexibility index (Phi) is 4.16. The molecule has 2 rings (SSSR count). The van der Waals surface area contributed by atoms with Crippen LogP contribution in [0.15, 0.2) is 30.0 Å². The second-order valence-corrected chi connectivity index (χ2v) is 4.31. The summed E-state index contributed by atoms with van der Waals surface area (Å²) < 4.78 is 4.40. The first kappa shape index (κ1) is 15.2. The number of nitrogens with one attached hydrogen (secondary N) is 1.